The predicted molar refractivity (Wildman–Crippen MR) is 100 cm³/mol. The zero-order valence-electron chi connectivity index (χ0n) is 16.0. The lowest BCUT2D eigenvalue weighted by atomic mass is 9.99. The molecule has 0 spiro atoms. The number of fused-ring (bicyclic) bond motifs is 1. The van der Waals surface area contributed by atoms with E-state index in [0.29, 0.717) is 12.0 Å². The number of aliphatic imine (C=N–C) groups is 1. The number of nitrogens with one attached hydrogen (secondary N) is 1. The van der Waals surface area contributed by atoms with Crippen LogP contribution in [0, 0.1) is 12.8 Å². The molecule has 1 aromatic rings. The van der Waals surface area contributed by atoms with E-state index in [0.717, 1.165) is 76.5 Å². The first kappa shape index (κ1) is 17.7. The normalized spacial score (nSPS) is 27.6. The maximum atomic E-state index is 5.49. The third-order valence-corrected chi connectivity index (χ3v) is 6.01. The lowest BCUT2D eigenvalue weighted by Crippen LogP contribution is -2.47. The molecular weight excluding hydrogens is 330 g/mol. The zero-order chi connectivity index (χ0) is 17.9. The molecular formula is C18H31N7O. The molecule has 3 aliphatic rings. The Balaban J connectivity index is 1.28. The highest BCUT2D eigenvalue weighted by molar-refractivity contribution is 5.80. The highest BCUT2D eigenvalue weighted by atomic mass is 16.5. The molecule has 2 fully saturated rings. The van der Waals surface area contributed by atoms with Crippen molar-refractivity contribution in [2.24, 2.45) is 10.9 Å². The summed E-state index contributed by atoms with van der Waals surface area (Å²) < 4.78 is 7.75. The molecule has 0 bridgehead atoms. The number of guanidine groups is 1. The first-order valence-electron chi connectivity index (χ1n) is 9.90. The highest BCUT2D eigenvalue weighted by Crippen LogP contribution is 2.20. The van der Waals surface area contributed by atoms with E-state index in [9.17, 15) is 0 Å². The fourth-order valence-electron chi connectivity index (χ4n) is 4.44. The second kappa shape index (κ2) is 7.92. The average Bonchev–Trinajstić information content (AvgIpc) is 3.31. The number of aryl methyl sites for hydroxylation is 2. The molecule has 144 valence electrons. The van der Waals surface area contributed by atoms with Crippen LogP contribution >= 0.6 is 0 Å². The number of morpholine rings is 1. The van der Waals surface area contributed by atoms with Gasteiger partial charge in [0, 0.05) is 58.8 Å². The van der Waals surface area contributed by atoms with Gasteiger partial charge in [-0.15, -0.1) is 10.2 Å². The van der Waals surface area contributed by atoms with E-state index in [2.05, 4.69) is 34.9 Å². The molecule has 3 aliphatic heterocycles. The van der Waals surface area contributed by atoms with Crippen molar-refractivity contribution in [2.75, 3.05) is 53.0 Å². The van der Waals surface area contributed by atoms with Crippen molar-refractivity contribution >= 4 is 5.96 Å². The summed E-state index contributed by atoms with van der Waals surface area (Å²) in [6.45, 7) is 10.0. The lowest BCUT2D eigenvalue weighted by Gasteiger charge is -2.32. The molecule has 1 aromatic heterocycles. The molecule has 1 N–H and O–H groups in total. The molecule has 0 radical (unpaired) electrons. The number of hydrogen-bond donors (Lipinski definition) is 1. The third-order valence-electron chi connectivity index (χ3n) is 6.01. The molecule has 0 aromatic carbocycles. The van der Waals surface area contributed by atoms with Crippen LogP contribution in [0.4, 0.5) is 0 Å². The topological polar surface area (TPSA) is 70.8 Å². The first-order valence-corrected chi connectivity index (χ1v) is 9.90. The maximum absolute atomic E-state index is 5.49. The van der Waals surface area contributed by atoms with E-state index in [1.54, 1.807) is 0 Å². The zero-order valence-corrected chi connectivity index (χ0v) is 16.0. The summed E-state index contributed by atoms with van der Waals surface area (Å²) in [5.41, 5.74) is 0. The lowest BCUT2D eigenvalue weighted by molar-refractivity contribution is 0.0195. The van der Waals surface area contributed by atoms with Gasteiger partial charge in [-0.25, -0.2) is 0 Å². The molecule has 0 amide bonds. The van der Waals surface area contributed by atoms with Crippen LogP contribution in [0.5, 0.6) is 0 Å². The molecule has 4 rings (SSSR count). The highest BCUT2D eigenvalue weighted by Gasteiger charge is 2.30. The molecule has 4 heterocycles. The van der Waals surface area contributed by atoms with Gasteiger partial charge in [-0.1, -0.05) is 0 Å². The minimum Gasteiger partial charge on any atom is -0.379 e. The van der Waals surface area contributed by atoms with Crippen molar-refractivity contribution in [1.29, 1.82) is 0 Å². The summed E-state index contributed by atoms with van der Waals surface area (Å²) in [5.74, 6) is 3.82. The van der Waals surface area contributed by atoms with Crippen molar-refractivity contribution in [1.82, 2.24) is 29.9 Å². The Bertz CT molecular complexity index is 637. The van der Waals surface area contributed by atoms with Crippen molar-refractivity contribution < 1.29 is 4.74 Å². The van der Waals surface area contributed by atoms with E-state index >= 15 is 0 Å². The van der Waals surface area contributed by atoms with Gasteiger partial charge in [-0.2, -0.15) is 0 Å². The summed E-state index contributed by atoms with van der Waals surface area (Å²) in [6, 6.07) is 0.634. The summed E-state index contributed by atoms with van der Waals surface area (Å²) in [4.78, 5) is 9.54. The van der Waals surface area contributed by atoms with Gasteiger partial charge >= 0.3 is 0 Å². The van der Waals surface area contributed by atoms with Crippen LogP contribution in [0.2, 0.25) is 0 Å². The van der Waals surface area contributed by atoms with Gasteiger partial charge < -0.3 is 19.5 Å². The van der Waals surface area contributed by atoms with E-state index in [4.69, 9.17) is 4.74 Å². The Hall–Kier alpha value is -1.67. The van der Waals surface area contributed by atoms with Crippen LogP contribution in [0.1, 0.15) is 24.5 Å². The van der Waals surface area contributed by atoms with E-state index in [-0.39, 0.29) is 0 Å². The first-order chi connectivity index (χ1) is 12.7. The fraction of sp³-hybridized carbons (Fsp3) is 0.833. The van der Waals surface area contributed by atoms with Gasteiger partial charge in [0.25, 0.3) is 0 Å². The van der Waals surface area contributed by atoms with Gasteiger partial charge in [-0.3, -0.25) is 9.89 Å². The average molecular weight is 361 g/mol. The largest absolute Gasteiger partial charge is 0.379 e. The summed E-state index contributed by atoms with van der Waals surface area (Å²) in [6.07, 6.45) is 3.40. The Morgan fingerprint density at radius 1 is 1.19 bits per heavy atom. The SMILES string of the molecule is CN=C(NCC1CCc2nnc(C)n2C1)N1CCC(N2CCOCC2)C1. The van der Waals surface area contributed by atoms with E-state index in [1.807, 2.05) is 14.0 Å². The molecule has 8 heteroatoms. The van der Waals surface area contributed by atoms with Gasteiger partial charge in [-0.05, 0) is 25.7 Å². The molecule has 26 heavy (non-hydrogen) atoms. The van der Waals surface area contributed by atoms with E-state index in [1.165, 1.54) is 12.8 Å². The number of likely N-dealkylation sites (tertiary alicyclic amines) is 1. The monoisotopic (exact) mass is 361 g/mol. The van der Waals surface area contributed by atoms with Gasteiger partial charge in [0.05, 0.1) is 13.2 Å². The van der Waals surface area contributed by atoms with Crippen LogP contribution in [-0.2, 0) is 17.7 Å². The van der Waals surface area contributed by atoms with Crippen LogP contribution in [0.25, 0.3) is 0 Å². The standard InChI is InChI=1S/C18H31N7O/c1-14-21-22-17-4-3-15(12-25(14)17)11-20-18(19-2)24-6-5-16(13-24)23-7-9-26-10-8-23/h15-16H,3-13H2,1-2H3,(H,19,20). The number of nitrogens with zero attached hydrogens (tertiary/aromatic N) is 6. The Morgan fingerprint density at radius 3 is 2.85 bits per heavy atom. The molecule has 2 saturated heterocycles. The Morgan fingerprint density at radius 2 is 2.04 bits per heavy atom. The molecule has 2 unspecified atom stereocenters. The van der Waals surface area contributed by atoms with Gasteiger partial charge in [0.15, 0.2) is 5.96 Å². The molecule has 0 saturated carbocycles. The summed E-state index contributed by atoms with van der Waals surface area (Å²) in [5, 5.41) is 12.1. The van der Waals surface area contributed by atoms with Crippen LogP contribution in [0.3, 0.4) is 0 Å². The Kier molecular flexibility index (Phi) is 5.40. The summed E-state index contributed by atoms with van der Waals surface area (Å²) >= 11 is 0. The third kappa shape index (κ3) is 3.71. The predicted octanol–water partition coefficient (Wildman–Crippen LogP) is 0.131. The quantitative estimate of drug-likeness (QED) is 0.610. The minimum atomic E-state index is 0.603. The summed E-state index contributed by atoms with van der Waals surface area (Å²) in [7, 11) is 1.90. The number of aromatic nitrogens is 3. The second-order valence-corrected chi connectivity index (χ2v) is 7.64. The molecule has 2 atom stereocenters. The fourth-order valence-corrected chi connectivity index (χ4v) is 4.44. The van der Waals surface area contributed by atoms with Crippen molar-refractivity contribution in [3.63, 3.8) is 0 Å². The van der Waals surface area contributed by atoms with Crippen molar-refractivity contribution in [3.05, 3.63) is 11.6 Å². The van der Waals surface area contributed by atoms with Gasteiger partial charge in [0.1, 0.15) is 11.6 Å². The second-order valence-electron chi connectivity index (χ2n) is 7.64. The smallest absolute Gasteiger partial charge is 0.193 e. The van der Waals surface area contributed by atoms with Crippen LogP contribution in [-0.4, -0.2) is 89.6 Å². The van der Waals surface area contributed by atoms with Crippen LogP contribution in [0.15, 0.2) is 4.99 Å². The van der Waals surface area contributed by atoms with Gasteiger partial charge in [0.2, 0.25) is 0 Å². The number of ether oxygens (including phenoxy) is 1. The van der Waals surface area contributed by atoms with Crippen molar-refractivity contribution in [2.45, 2.75) is 38.8 Å². The molecule has 0 aliphatic carbocycles. The van der Waals surface area contributed by atoms with Crippen molar-refractivity contribution in [3.8, 4) is 0 Å². The molecule has 8 nitrogen and oxygen atoms in total. The maximum Gasteiger partial charge on any atom is 0.193 e. The van der Waals surface area contributed by atoms with Crippen LogP contribution < -0.4 is 5.32 Å². The Labute approximate surface area is 155 Å². The number of hydrogen-bond acceptors (Lipinski definition) is 5. The minimum absolute atomic E-state index is 0.603. The number of rotatable bonds is 3. The van der Waals surface area contributed by atoms with E-state index < -0.39 is 0 Å².